The predicted octanol–water partition coefficient (Wildman–Crippen LogP) is 3.81. The van der Waals surface area contributed by atoms with Crippen LogP contribution in [0.2, 0.25) is 0 Å². The van der Waals surface area contributed by atoms with Crippen molar-refractivity contribution < 1.29 is 0 Å². The number of fused-ring (bicyclic) bond motifs is 1. The summed E-state index contributed by atoms with van der Waals surface area (Å²) in [5.74, 6) is 0. The van der Waals surface area contributed by atoms with E-state index in [0.717, 1.165) is 0 Å². The molecule has 0 aliphatic carbocycles. The minimum atomic E-state index is 1.24. The zero-order valence-electron chi connectivity index (χ0n) is 8.81. The molecule has 0 bridgehead atoms. The molecule has 1 aromatic carbocycles. The van der Waals surface area contributed by atoms with Gasteiger partial charge >= 0.3 is 0 Å². The Morgan fingerprint density at radius 1 is 1.08 bits per heavy atom. The van der Waals surface area contributed by atoms with Gasteiger partial charge in [-0.3, -0.25) is 0 Å². The second-order valence-corrected chi connectivity index (χ2v) is 3.02. The first-order valence-electron chi connectivity index (χ1n) is 4.82. The summed E-state index contributed by atoms with van der Waals surface area (Å²) in [7, 11) is 0. The number of H-pyrrole nitrogens is 1. The zero-order chi connectivity index (χ0) is 9.84. The van der Waals surface area contributed by atoms with Crippen molar-refractivity contribution in [2.75, 3.05) is 0 Å². The van der Waals surface area contributed by atoms with Crippen LogP contribution in [0.3, 0.4) is 0 Å². The number of hydrogen-bond acceptors (Lipinski definition) is 0. The molecule has 13 heavy (non-hydrogen) atoms. The molecule has 0 fully saturated rings. The van der Waals surface area contributed by atoms with Gasteiger partial charge in [0.1, 0.15) is 0 Å². The smallest absolute Gasteiger partial charge is 0.0459 e. The summed E-state index contributed by atoms with van der Waals surface area (Å²) >= 11 is 0. The Bertz CT molecular complexity index is 385. The van der Waals surface area contributed by atoms with E-state index < -0.39 is 0 Å². The molecule has 0 saturated heterocycles. The van der Waals surface area contributed by atoms with Gasteiger partial charge in [-0.25, -0.2) is 0 Å². The standard InChI is InChI=1S/C10H11N.C2H6/c1-7-3-4-9-8(2)6-11-10(9)5-7;1-2/h3-6,11H,1-2H3;1-2H3. The minimum Gasteiger partial charge on any atom is -0.361 e. The number of hydrogen-bond donors (Lipinski definition) is 1. The average molecular weight is 175 g/mol. The Morgan fingerprint density at radius 3 is 2.46 bits per heavy atom. The van der Waals surface area contributed by atoms with Crippen molar-refractivity contribution in [3.8, 4) is 0 Å². The maximum atomic E-state index is 3.23. The van der Waals surface area contributed by atoms with Gasteiger partial charge < -0.3 is 4.98 Å². The summed E-state index contributed by atoms with van der Waals surface area (Å²) in [5, 5.41) is 1.33. The Labute approximate surface area is 79.8 Å². The normalized spacial score (nSPS) is 9.54. The number of rotatable bonds is 0. The fraction of sp³-hybridized carbons (Fsp3) is 0.333. The molecule has 2 aromatic rings. The van der Waals surface area contributed by atoms with Crippen molar-refractivity contribution in [3.05, 3.63) is 35.5 Å². The van der Waals surface area contributed by atoms with Gasteiger partial charge in [-0.1, -0.05) is 26.0 Å². The molecule has 0 aliphatic heterocycles. The summed E-state index contributed by atoms with van der Waals surface area (Å²) in [4.78, 5) is 3.23. The Hall–Kier alpha value is -1.24. The highest BCUT2D eigenvalue weighted by atomic mass is 14.7. The molecule has 70 valence electrons. The molecule has 0 spiro atoms. The van der Waals surface area contributed by atoms with Crippen molar-refractivity contribution in [2.24, 2.45) is 0 Å². The van der Waals surface area contributed by atoms with Crippen molar-refractivity contribution in [2.45, 2.75) is 27.7 Å². The first-order valence-corrected chi connectivity index (χ1v) is 4.82. The summed E-state index contributed by atoms with van der Waals surface area (Å²) < 4.78 is 0. The zero-order valence-corrected chi connectivity index (χ0v) is 8.81. The molecule has 0 aliphatic rings. The van der Waals surface area contributed by atoms with E-state index in [9.17, 15) is 0 Å². The quantitative estimate of drug-likeness (QED) is 0.626. The van der Waals surface area contributed by atoms with Crippen LogP contribution in [0, 0.1) is 13.8 Å². The Morgan fingerprint density at radius 2 is 1.77 bits per heavy atom. The lowest BCUT2D eigenvalue weighted by Gasteiger charge is -1.92. The van der Waals surface area contributed by atoms with Crippen LogP contribution in [-0.2, 0) is 0 Å². The van der Waals surface area contributed by atoms with E-state index >= 15 is 0 Å². The van der Waals surface area contributed by atoms with E-state index in [0.29, 0.717) is 0 Å². The van der Waals surface area contributed by atoms with E-state index in [1.807, 2.05) is 20.0 Å². The number of aryl methyl sites for hydroxylation is 2. The third-order valence-electron chi connectivity index (χ3n) is 2.04. The van der Waals surface area contributed by atoms with Gasteiger partial charge in [0.2, 0.25) is 0 Å². The first kappa shape index (κ1) is 9.85. The highest BCUT2D eigenvalue weighted by molar-refractivity contribution is 5.83. The molecule has 1 heterocycles. The molecule has 0 amide bonds. The van der Waals surface area contributed by atoms with Crippen LogP contribution < -0.4 is 0 Å². The van der Waals surface area contributed by atoms with Crippen LogP contribution in [0.4, 0.5) is 0 Å². The number of benzene rings is 1. The largest absolute Gasteiger partial charge is 0.361 e. The summed E-state index contributed by atoms with van der Waals surface area (Å²) in [6.45, 7) is 8.23. The van der Waals surface area contributed by atoms with Gasteiger partial charge in [0.05, 0.1) is 0 Å². The highest BCUT2D eigenvalue weighted by Crippen LogP contribution is 2.17. The Kier molecular flexibility index (Phi) is 3.13. The van der Waals surface area contributed by atoms with Gasteiger partial charge in [0.15, 0.2) is 0 Å². The van der Waals surface area contributed by atoms with E-state index in [1.54, 1.807) is 0 Å². The average Bonchev–Trinajstić information content (AvgIpc) is 2.51. The minimum absolute atomic E-state index is 1.24. The molecule has 2 rings (SSSR count). The van der Waals surface area contributed by atoms with Crippen LogP contribution in [0.5, 0.6) is 0 Å². The molecule has 0 saturated carbocycles. The number of aromatic nitrogens is 1. The third kappa shape index (κ3) is 1.92. The van der Waals surface area contributed by atoms with E-state index in [1.165, 1.54) is 22.0 Å². The van der Waals surface area contributed by atoms with Crippen LogP contribution in [0.15, 0.2) is 24.4 Å². The number of nitrogens with one attached hydrogen (secondary N) is 1. The molecule has 1 aromatic heterocycles. The second-order valence-electron chi connectivity index (χ2n) is 3.02. The van der Waals surface area contributed by atoms with E-state index in [-0.39, 0.29) is 0 Å². The maximum absolute atomic E-state index is 3.23. The molecule has 0 unspecified atom stereocenters. The Balaban J connectivity index is 0.000000396. The SMILES string of the molecule is CC.Cc1ccc2c(C)c[nH]c2c1. The first-order chi connectivity index (χ1) is 6.27. The van der Waals surface area contributed by atoms with Crippen LogP contribution in [0.1, 0.15) is 25.0 Å². The number of aromatic amines is 1. The van der Waals surface area contributed by atoms with Crippen molar-refractivity contribution in [1.29, 1.82) is 0 Å². The van der Waals surface area contributed by atoms with Gasteiger partial charge in [-0.2, -0.15) is 0 Å². The fourth-order valence-electron chi connectivity index (χ4n) is 1.39. The van der Waals surface area contributed by atoms with Gasteiger partial charge in [0.25, 0.3) is 0 Å². The lowest BCUT2D eigenvalue weighted by molar-refractivity contribution is 1.42. The lowest BCUT2D eigenvalue weighted by Crippen LogP contribution is -1.71. The summed E-state index contributed by atoms with van der Waals surface area (Å²) in [5.41, 5.74) is 3.86. The van der Waals surface area contributed by atoms with Gasteiger partial charge in [-0.05, 0) is 31.0 Å². The molecule has 0 radical (unpaired) electrons. The molecule has 1 heteroatoms. The molecule has 0 atom stereocenters. The third-order valence-corrected chi connectivity index (χ3v) is 2.04. The highest BCUT2D eigenvalue weighted by Gasteiger charge is 1.97. The molecular weight excluding hydrogens is 158 g/mol. The molecule has 1 nitrogen and oxygen atoms in total. The second kappa shape index (κ2) is 4.13. The lowest BCUT2D eigenvalue weighted by atomic mass is 10.1. The van der Waals surface area contributed by atoms with E-state index in [2.05, 4.69) is 37.0 Å². The van der Waals surface area contributed by atoms with E-state index in [4.69, 9.17) is 0 Å². The summed E-state index contributed by atoms with van der Waals surface area (Å²) in [6, 6.07) is 6.47. The fourth-order valence-corrected chi connectivity index (χ4v) is 1.39. The molecular formula is C12H17N. The van der Waals surface area contributed by atoms with Crippen LogP contribution in [-0.4, -0.2) is 4.98 Å². The van der Waals surface area contributed by atoms with Crippen LogP contribution >= 0.6 is 0 Å². The topological polar surface area (TPSA) is 15.8 Å². The summed E-state index contributed by atoms with van der Waals surface area (Å²) in [6.07, 6.45) is 2.05. The molecule has 1 N–H and O–H groups in total. The maximum Gasteiger partial charge on any atom is 0.0459 e. The van der Waals surface area contributed by atoms with Crippen molar-refractivity contribution in [1.82, 2.24) is 4.98 Å². The predicted molar refractivity (Wildman–Crippen MR) is 59.1 cm³/mol. The van der Waals surface area contributed by atoms with Crippen molar-refractivity contribution >= 4 is 10.9 Å². The monoisotopic (exact) mass is 175 g/mol. The van der Waals surface area contributed by atoms with Crippen LogP contribution in [0.25, 0.3) is 10.9 Å². The van der Waals surface area contributed by atoms with Gasteiger partial charge in [-0.15, -0.1) is 0 Å². The van der Waals surface area contributed by atoms with Gasteiger partial charge in [0, 0.05) is 17.1 Å². The van der Waals surface area contributed by atoms with Crippen molar-refractivity contribution in [3.63, 3.8) is 0 Å².